The summed E-state index contributed by atoms with van der Waals surface area (Å²) in [4.78, 5) is 41.9. The maximum Gasteiger partial charge on any atom is 0.253 e. The quantitative estimate of drug-likeness (QED) is 0.644. The maximum atomic E-state index is 12.4. The highest BCUT2D eigenvalue weighted by atomic mass is 16.2. The molecule has 0 saturated carbocycles. The van der Waals surface area contributed by atoms with Crippen molar-refractivity contribution < 1.29 is 14.4 Å². The van der Waals surface area contributed by atoms with E-state index in [9.17, 15) is 14.4 Å². The Kier molecular flexibility index (Phi) is 11.9. The Balaban J connectivity index is 0.000000262. The fourth-order valence-electron chi connectivity index (χ4n) is 4.15. The highest BCUT2D eigenvalue weighted by Crippen LogP contribution is 2.13. The predicted molar refractivity (Wildman–Crippen MR) is 153 cm³/mol. The van der Waals surface area contributed by atoms with Crippen molar-refractivity contribution in [2.75, 3.05) is 52.4 Å². The molecule has 2 saturated heterocycles. The smallest absolute Gasteiger partial charge is 0.253 e. The second-order valence-corrected chi connectivity index (χ2v) is 10.1. The number of aryl methyl sites for hydroxylation is 2. The number of benzene rings is 2. The highest BCUT2D eigenvalue weighted by Gasteiger charge is 2.31. The number of nitrogens with one attached hydrogen (secondary N) is 1. The number of hydrogen-bond acceptors (Lipinski definition) is 5. The Bertz CT molecular complexity index is 1030. The molecule has 0 spiro atoms. The van der Waals surface area contributed by atoms with Gasteiger partial charge in [0.25, 0.3) is 11.8 Å². The fourth-order valence-corrected chi connectivity index (χ4v) is 4.15. The standard InChI is InChI=1S/C16H23N3O2.C12H16N2O.C2H6/c1-12-4-6-13(7-5-12)14(20)18-8-10-19(11-9-18)15(21)16(2,3)17;1-10-2-4-11(5-3-10)12(15)14-8-6-13-7-9-14;1-2/h4-7H,8-11,17H2,1-3H3;2-5,13H,6-9H2,1H3;1-2H3. The minimum Gasteiger partial charge on any atom is -0.338 e. The van der Waals surface area contributed by atoms with Gasteiger partial charge < -0.3 is 25.8 Å². The minimum atomic E-state index is -0.858. The van der Waals surface area contributed by atoms with Gasteiger partial charge in [0.1, 0.15) is 0 Å². The normalized spacial score (nSPS) is 15.5. The molecule has 0 unspecified atom stereocenters. The lowest BCUT2D eigenvalue weighted by Gasteiger charge is -2.37. The van der Waals surface area contributed by atoms with Gasteiger partial charge in [0.2, 0.25) is 5.91 Å². The fraction of sp³-hybridized carbons (Fsp3) is 0.500. The van der Waals surface area contributed by atoms with Crippen molar-refractivity contribution in [1.29, 1.82) is 0 Å². The number of nitrogens with two attached hydrogens (primary N) is 1. The second kappa shape index (κ2) is 14.6. The zero-order valence-electron chi connectivity index (χ0n) is 23.9. The summed E-state index contributed by atoms with van der Waals surface area (Å²) < 4.78 is 0. The molecule has 0 aliphatic carbocycles. The van der Waals surface area contributed by atoms with Gasteiger partial charge in [-0.25, -0.2) is 0 Å². The number of nitrogens with zero attached hydrogens (tertiary/aromatic N) is 3. The Morgan fingerprint density at radius 3 is 1.37 bits per heavy atom. The van der Waals surface area contributed by atoms with Crippen LogP contribution >= 0.6 is 0 Å². The molecule has 0 aromatic heterocycles. The number of rotatable bonds is 3. The summed E-state index contributed by atoms with van der Waals surface area (Å²) in [6, 6.07) is 15.3. The van der Waals surface area contributed by atoms with E-state index in [1.54, 1.807) is 23.6 Å². The molecule has 2 aliphatic rings. The van der Waals surface area contributed by atoms with Crippen LogP contribution in [0.2, 0.25) is 0 Å². The highest BCUT2D eigenvalue weighted by molar-refractivity contribution is 5.95. The summed E-state index contributed by atoms with van der Waals surface area (Å²) in [6.45, 7) is 17.0. The first-order chi connectivity index (χ1) is 18.1. The van der Waals surface area contributed by atoms with Gasteiger partial charge in [-0.15, -0.1) is 0 Å². The lowest BCUT2D eigenvalue weighted by molar-refractivity contribution is -0.137. The van der Waals surface area contributed by atoms with E-state index < -0.39 is 5.54 Å². The van der Waals surface area contributed by atoms with Crippen LogP contribution < -0.4 is 11.1 Å². The molecule has 8 heteroatoms. The SMILES string of the molecule is CC.Cc1ccc(C(=O)N2CCN(C(=O)C(C)(C)N)CC2)cc1.Cc1ccc(C(=O)N2CCNCC2)cc1. The molecule has 0 radical (unpaired) electrons. The molecule has 38 heavy (non-hydrogen) atoms. The van der Waals surface area contributed by atoms with E-state index in [1.807, 2.05) is 81.1 Å². The van der Waals surface area contributed by atoms with E-state index in [-0.39, 0.29) is 17.7 Å². The third-order valence-electron chi connectivity index (χ3n) is 6.41. The van der Waals surface area contributed by atoms with Gasteiger partial charge in [-0.1, -0.05) is 49.2 Å². The molecule has 3 amide bonds. The molecule has 3 N–H and O–H groups in total. The largest absolute Gasteiger partial charge is 0.338 e. The van der Waals surface area contributed by atoms with Gasteiger partial charge in [0, 0.05) is 63.5 Å². The maximum absolute atomic E-state index is 12.4. The van der Waals surface area contributed by atoms with Crippen molar-refractivity contribution in [3.05, 3.63) is 70.8 Å². The molecule has 2 aromatic rings. The Labute approximate surface area is 228 Å². The van der Waals surface area contributed by atoms with Gasteiger partial charge in [0.05, 0.1) is 5.54 Å². The lowest BCUT2D eigenvalue weighted by atomic mass is 10.0. The monoisotopic (exact) mass is 523 g/mol. The average Bonchev–Trinajstić information content (AvgIpc) is 2.94. The molecule has 208 valence electrons. The molecule has 8 nitrogen and oxygen atoms in total. The summed E-state index contributed by atoms with van der Waals surface area (Å²) in [7, 11) is 0. The average molecular weight is 524 g/mol. The molecular formula is C30H45N5O3. The molecule has 2 fully saturated rings. The van der Waals surface area contributed by atoms with E-state index in [0.717, 1.165) is 37.3 Å². The van der Waals surface area contributed by atoms with E-state index in [2.05, 4.69) is 5.32 Å². The topological polar surface area (TPSA) is 99.0 Å². The molecule has 2 heterocycles. The third kappa shape index (κ3) is 8.96. The zero-order chi connectivity index (χ0) is 28.3. The van der Waals surface area contributed by atoms with Crippen molar-refractivity contribution in [3.8, 4) is 0 Å². The van der Waals surface area contributed by atoms with Crippen LogP contribution in [0.3, 0.4) is 0 Å². The first-order valence-electron chi connectivity index (χ1n) is 13.6. The summed E-state index contributed by atoms with van der Waals surface area (Å²) in [6.07, 6.45) is 0. The number of hydrogen-bond donors (Lipinski definition) is 2. The van der Waals surface area contributed by atoms with E-state index in [4.69, 9.17) is 5.73 Å². The lowest BCUT2D eigenvalue weighted by Crippen LogP contribution is -2.57. The summed E-state index contributed by atoms with van der Waals surface area (Å²) >= 11 is 0. The number of piperazine rings is 2. The van der Waals surface area contributed by atoms with Crippen LogP contribution in [0.5, 0.6) is 0 Å². The predicted octanol–water partition coefficient (Wildman–Crippen LogP) is 3.08. The van der Waals surface area contributed by atoms with Crippen LogP contribution in [0.15, 0.2) is 48.5 Å². The summed E-state index contributed by atoms with van der Waals surface area (Å²) in [5.41, 5.74) is 8.79. The van der Waals surface area contributed by atoms with Gasteiger partial charge >= 0.3 is 0 Å². The third-order valence-corrected chi connectivity index (χ3v) is 6.41. The van der Waals surface area contributed by atoms with Crippen LogP contribution in [-0.4, -0.2) is 90.3 Å². The summed E-state index contributed by atoms with van der Waals surface area (Å²) in [5, 5.41) is 3.24. The molecule has 0 atom stereocenters. The molecule has 2 aliphatic heterocycles. The first kappa shape index (κ1) is 31.0. The Hall–Kier alpha value is -3.23. The Morgan fingerprint density at radius 2 is 1.00 bits per heavy atom. The van der Waals surface area contributed by atoms with Gasteiger partial charge in [0.15, 0.2) is 0 Å². The van der Waals surface area contributed by atoms with Gasteiger partial charge in [-0.2, -0.15) is 0 Å². The van der Waals surface area contributed by atoms with E-state index in [0.29, 0.717) is 31.7 Å². The summed E-state index contributed by atoms with van der Waals surface area (Å²) in [5.74, 6) is 0.107. The molecule has 0 bridgehead atoms. The van der Waals surface area contributed by atoms with E-state index in [1.165, 1.54) is 5.56 Å². The number of carbonyl (C=O) groups excluding carboxylic acids is 3. The number of carbonyl (C=O) groups is 3. The van der Waals surface area contributed by atoms with Crippen LogP contribution in [0.25, 0.3) is 0 Å². The van der Waals surface area contributed by atoms with Crippen LogP contribution in [0.1, 0.15) is 59.5 Å². The van der Waals surface area contributed by atoms with E-state index >= 15 is 0 Å². The zero-order valence-corrected chi connectivity index (χ0v) is 23.9. The molecule has 2 aromatic carbocycles. The molecule has 4 rings (SSSR count). The Morgan fingerprint density at radius 1 is 0.658 bits per heavy atom. The molecular weight excluding hydrogens is 478 g/mol. The van der Waals surface area contributed by atoms with Crippen LogP contribution in [0.4, 0.5) is 0 Å². The van der Waals surface area contributed by atoms with Crippen molar-refractivity contribution in [2.24, 2.45) is 5.73 Å². The van der Waals surface area contributed by atoms with Crippen LogP contribution in [-0.2, 0) is 4.79 Å². The van der Waals surface area contributed by atoms with Crippen LogP contribution in [0, 0.1) is 13.8 Å². The first-order valence-corrected chi connectivity index (χ1v) is 13.6. The minimum absolute atomic E-state index is 0.0223. The van der Waals surface area contributed by atoms with Crippen molar-refractivity contribution in [2.45, 2.75) is 47.1 Å². The number of amides is 3. The van der Waals surface area contributed by atoms with Crippen molar-refractivity contribution in [1.82, 2.24) is 20.0 Å². The van der Waals surface area contributed by atoms with Gasteiger partial charge in [-0.05, 0) is 52.0 Å². The van der Waals surface area contributed by atoms with Crippen molar-refractivity contribution >= 4 is 17.7 Å². The van der Waals surface area contributed by atoms with Gasteiger partial charge in [-0.3, -0.25) is 14.4 Å². The van der Waals surface area contributed by atoms with Crippen molar-refractivity contribution in [3.63, 3.8) is 0 Å². The second-order valence-electron chi connectivity index (χ2n) is 10.1.